The molecule has 0 aromatic carbocycles. The molecule has 0 amide bonds. The zero-order valence-electron chi connectivity index (χ0n) is 9.15. The van der Waals surface area contributed by atoms with Gasteiger partial charge in [-0.3, -0.25) is 4.79 Å². The Morgan fingerprint density at radius 3 is 2.89 bits per heavy atom. The Bertz CT molecular complexity index is 659. The first-order chi connectivity index (χ1) is 8.54. The molecule has 1 heterocycles. The predicted molar refractivity (Wildman–Crippen MR) is 70.4 cm³/mol. The molecule has 0 bridgehead atoms. The summed E-state index contributed by atoms with van der Waals surface area (Å²) in [7, 11) is 0. The lowest BCUT2D eigenvalue weighted by Gasteiger charge is -1.94. The summed E-state index contributed by atoms with van der Waals surface area (Å²) in [5, 5.41) is 9.09. The molecule has 1 rings (SSSR count). The van der Waals surface area contributed by atoms with Gasteiger partial charge in [-0.15, -0.1) is 11.3 Å². The van der Waals surface area contributed by atoms with E-state index in [1.807, 2.05) is 6.07 Å². The maximum Gasteiger partial charge on any atom is 0.350 e. The smallest absolute Gasteiger partial charge is 0.350 e. The van der Waals surface area contributed by atoms with Crippen molar-refractivity contribution in [2.45, 2.75) is 6.92 Å². The van der Waals surface area contributed by atoms with Gasteiger partial charge in [-0.25, -0.2) is 4.85 Å². The van der Waals surface area contributed by atoms with Crippen LogP contribution in [0.2, 0.25) is 5.02 Å². The minimum absolute atomic E-state index is 0. The lowest BCUT2D eigenvalue weighted by Crippen LogP contribution is -2.00. The fourth-order valence-electron chi connectivity index (χ4n) is 1.13. The number of halogens is 1. The summed E-state index contributed by atoms with van der Waals surface area (Å²) in [6, 6.07) is 1.95. The monoisotopic (exact) mass is 278 g/mol. The van der Waals surface area contributed by atoms with Crippen molar-refractivity contribution in [1.29, 1.82) is 5.26 Å². The van der Waals surface area contributed by atoms with Crippen LogP contribution < -0.4 is 0 Å². The second-order valence-corrected chi connectivity index (χ2v) is 4.61. The van der Waals surface area contributed by atoms with Crippen LogP contribution in [0.1, 0.15) is 16.7 Å². The molecule has 90 valence electrons. The maximum absolute atomic E-state index is 11.3. The molecule has 0 atom stereocenters. The first-order valence-electron chi connectivity index (χ1n) is 4.50. The average Bonchev–Trinajstić information content (AvgIpc) is 2.61. The van der Waals surface area contributed by atoms with Gasteiger partial charge >= 0.3 is 5.97 Å². The van der Waals surface area contributed by atoms with Gasteiger partial charge in [0.1, 0.15) is 12.2 Å². The summed E-state index contributed by atoms with van der Waals surface area (Å²) in [5.41, 5.74) is 0.0446. The lowest BCUT2D eigenvalue weighted by atomic mass is 10.2. The molecule has 6 heteroatoms. The fraction of sp³-hybridized carbons (Fsp3) is 0.0833. The number of nitrogens with zero attached hydrogens (tertiary/aromatic N) is 2. The van der Waals surface area contributed by atoms with Crippen LogP contribution >= 0.6 is 22.9 Å². The number of carbonyl (C=O) groups is 1. The third-order valence-corrected chi connectivity index (χ3v) is 3.47. The number of rotatable bonds is 2. The molecular weight excluding hydrogens is 272 g/mol. The van der Waals surface area contributed by atoms with Crippen molar-refractivity contribution in [3.63, 3.8) is 0 Å². The van der Waals surface area contributed by atoms with Crippen LogP contribution in [0.15, 0.2) is 5.70 Å². The van der Waals surface area contributed by atoms with Gasteiger partial charge in [-0.05, 0) is 13.0 Å². The quantitative estimate of drug-likeness (QED) is 0.361. The molecule has 4 nitrogen and oxygen atoms in total. The Morgan fingerprint density at radius 2 is 2.44 bits per heavy atom. The van der Waals surface area contributed by atoms with Gasteiger partial charge in [0.2, 0.25) is 0 Å². The molecule has 0 aliphatic carbocycles. The normalized spacial score (nSPS) is 10.1. The van der Waals surface area contributed by atoms with E-state index in [9.17, 15) is 4.79 Å². The highest BCUT2D eigenvalue weighted by Crippen LogP contribution is 2.33. The number of nitriles is 1. The summed E-state index contributed by atoms with van der Waals surface area (Å²) in [6.07, 6.45) is 7.76. The molecule has 0 saturated heterocycles. The third-order valence-electron chi connectivity index (χ3n) is 1.91. The molecule has 0 aliphatic heterocycles. The zero-order valence-corrected chi connectivity index (χ0v) is 10.7. The van der Waals surface area contributed by atoms with E-state index in [1.54, 1.807) is 13.0 Å². The van der Waals surface area contributed by atoms with E-state index < -0.39 is 5.97 Å². The van der Waals surface area contributed by atoms with Gasteiger partial charge in [-0.2, -0.15) is 5.26 Å². The Labute approximate surface area is 114 Å². The number of hydrogen-bond acceptors (Lipinski definition) is 4. The Balaban J connectivity index is 0.00000324. The number of thiophene rings is 1. The van der Waals surface area contributed by atoms with E-state index in [1.165, 1.54) is 17.4 Å². The molecule has 0 N–H and O–H groups in total. The lowest BCUT2D eigenvalue weighted by molar-refractivity contribution is -0.132. The molecule has 0 spiro atoms. The highest BCUT2D eigenvalue weighted by Gasteiger charge is 2.16. The molecular formula is C12H7ClN2O2S. The molecule has 1 aromatic rings. The largest absolute Gasteiger partial charge is 0.378 e. The van der Waals surface area contributed by atoms with E-state index in [0.717, 1.165) is 0 Å². The molecule has 1 aromatic heterocycles. The average molecular weight is 279 g/mol. The van der Waals surface area contributed by atoms with Crippen LogP contribution in [0.3, 0.4) is 0 Å². The summed E-state index contributed by atoms with van der Waals surface area (Å²) < 4.78 is 4.27. The molecule has 0 unspecified atom stereocenters. The van der Waals surface area contributed by atoms with Crippen LogP contribution in [-0.4, -0.2) is 5.97 Å². The Morgan fingerprint density at radius 1 is 1.78 bits per heavy atom. The van der Waals surface area contributed by atoms with E-state index in [0.29, 0.717) is 15.3 Å². The molecule has 0 radical (unpaired) electrons. The second-order valence-electron chi connectivity index (χ2n) is 2.97. The van der Waals surface area contributed by atoms with Crippen molar-refractivity contribution in [1.82, 2.24) is 0 Å². The van der Waals surface area contributed by atoms with Crippen molar-refractivity contribution >= 4 is 35.0 Å². The Hall–Kier alpha value is -2.26. The van der Waals surface area contributed by atoms with Gasteiger partial charge < -0.3 is 4.74 Å². The third kappa shape index (κ3) is 2.70. The van der Waals surface area contributed by atoms with Crippen molar-refractivity contribution < 1.29 is 11.0 Å². The summed E-state index contributed by atoms with van der Waals surface area (Å²) in [4.78, 5) is 15.5. The van der Waals surface area contributed by atoms with Gasteiger partial charge in [0, 0.05) is 11.2 Å². The van der Waals surface area contributed by atoms with Gasteiger partial charge in [0.25, 0.3) is 5.70 Å². The first-order valence-corrected chi connectivity index (χ1v) is 5.69. The van der Waals surface area contributed by atoms with E-state index in [2.05, 4.69) is 9.58 Å². The van der Waals surface area contributed by atoms with E-state index >= 15 is 0 Å². The fourth-order valence-corrected chi connectivity index (χ4v) is 2.48. The molecule has 0 aliphatic rings. The van der Waals surface area contributed by atoms with Gasteiger partial charge in [0.05, 0.1) is 17.2 Å². The summed E-state index contributed by atoms with van der Waals surface area (Å²) in [5.74, 6) is -0.923. The molecule has 0 fully saturated rings. The number of hydrogen-bond donors (Lipinski definition) is 0. The zero-order chi connectivity index (χ0) is 13.7. The summed E-state index contributed by atoms with van der Waals surface area (Å²) >= 11 is 7.17. The number of ether oxygens (including phenoxy) is 1. The van der Waals surface area contributed by atoms with E-state index in [4.69, 9.17) is 29.9 Å². The van der Waals surface area contributed by atoms with Gasteiger partial charge in [0.15, 0.2) is 0 Å². The first kappa shape index (κ1) is 13.8. The number of terminal acetylenes is 1. The maximum atomic E-state index is 11.3. The number of esters is 1. The van der Waals surface area contributed by atoms with Gasteiger partial charge in [-0.1, -0.05) is 18.0 Å². The highest BCUT2D eigenvalue weighted by molar-refractivity contribution is 7.13. The number of aryl methyl sites for hydroxylation is 1. The van der Waals surface area contributed by atoms with Crippen LogP contribution in [0.25, 0.3) is 10.9 Å². The minimum atomic E-state index is -0.923. The standard InChI is InChI=1S/C12H5ClN2O2S.H2/c1-4-17-12(16)9(15-3)5-10-11(13)8(6-14)7(2)18-10;/h1,5H,2H3;1H/b9-5-;. The van der Waals surface area contributed by atoms with Crippen LogP contribution in [-0.2, 0) is 9.53 Å². The topological polar surface area (TPSA) is 54.5 Å². The summed E-state index contributed by atoms with van der Waals surface area (Å²) in [6.45, 7) is 8.60. The van der Waals surface area contributed by atoms with Crippen LogP contribution in [0.4, 0.5) is 0 Å². The van der Waals surface area contributed by atoms with Crippen LogP contribution in [0.5, 0.6) is 0 Å². The van der Waals surface area contributed by atoms with Crippen LogP contribution in [0, 0.1) is 37.4 Å². The van der Waals surface area contributed by atoms with Crippen molar-refractivity contribution in [3.8, 4) is 18.6 Å². The Kier molecular flexibility index (Phi) is 4.52. The SMILES string of the molecule is [C-]#[N+]/C(=C\c1sc(C)c(C#N)c1Cl)C(=O)OC#C.[HH]. The predicted octanol–water partition coefficient (Wildman–Crippen LogP) is 3.22. The van der Waals surface area contributed by atoms with Crippen molar-refractivity contribution in [2.75, 3.05) is 0 Å². The molecule has 18 heavy (non-hydrogen) atoms. The minimum Gasteiger partial charge on any atom is -0.378 e. The highest BCUT2D eigenvalue weighted by atomic mass is 35.5. The van der Waals surface area contributed by atoms with E-state index in [-0.39, 0.29) is 12.1 Å². The van der Waals surface area contributed by atoms with Crippen molar-refractivity contribution in [2.24, 2.45) is 0 Å². The molecule has 0 saturated carbocycles. The van der Waals surface area contributed by atoms with Crippen molar-refractivity contribution in [3.05, 3.63) is 37.5 Å². The number of carbonyl (C=O) groups excluding carboxylic acids is 1. The second kappa shape index (κ2) is 5.89.